The van der Waals surface area contributed by atoms with Gasteiger partial charge in [0.2, 0.25) is 0 Å². The van der Waals surface area contributed by atoms with Crippen molar-refractivity contribution in [1.29, 1.82) is 0 Å². The topological polar surface area (TPSA) is 68.5 Å². The van der Waals surface area contributed by atoms with Crippen LogP contribution in [-0.4, -0.2) is 36.1 Å². The first kappa shape index (κ1) is 15.2. The molecule has 1 aliphatic heterocycles. The highest BCUT2D eigenvalue weighted by atomic mass is 35.5. The van der Waals surface area contributed by atoms with Gasteiger partial charge in [-0.15, -0.1) is 23.7 Å². The summed E-state index contributed by atoms with van der Waals surface area (Å²) in [5.74, 6) is -0.0856. The highest BCUT2D eigenvalue weighted by Gasteiger charge is 2.26. The maximum Gasteiger partial charge on any atom is 0.309 e. The molecule has 0 radical (unpaired) electrons. The molecule has 0 aromatic carbocycles. The van der Waals surface area contributed by atoms with Gasteiger partial charge in [0, 0.05) is 24.2 Å². The van der Waals surface area contributed by atoms with E-state index in [1.165, 1.54) is 18.4 Å². The standard InChI is InChI=1S/C11H17N3O2S.ClH/c1-16-10(15)8-3-2-4-14(6-8)7-9-5-13-11(12)17-9;/h5,8H,2-4,6-7H2,1H3,(H2,12,13);1H. The Morgan fingerprint density at radius 3 is 3.11 bits per heavy atom. The summed E-state index contributed by atoms with van der Waals surface area (Å²) in [6, 6.07) is 0. The van der Waals surface area contributed by atoms with Crippen LogP contribution in [0.3, 0.4) is 0 Å². The fourth-order valence-electron chi connectivity index (χ4n) is 2.17. The van der Waals surface area contributed by atoms with Crippen molar-refractivity contribution >= 4 is 34.8 Å². The van der Waals surface area contributed by atoms with Crippen LogP contribution in [0.1, 0.15) is 17.7 Å². The summed E-state index contributed by atoms with van der Waals surface area (Å²) in [4.78, 5) is 18.9. The molecule has 1 fully saturated rings. The lowest BCUT2D eigenvalue weighted by Gasteiger charge is -2.30. The predicted molar refractivity (Wildman–Crippen MR) is 73.8 cm³/mol. The first-order valence-corrected chi connectivity index (χ1v) is 6.51. The first-order valence-electron chi connectivity index (χ1n) is 5.69. The zero-order valence-electron chi connectivity index (χ0n) is 10.3. The van der Waals surface area contributed by atoms with Gasteiger partial charge >= 0.3 is 5.97 Å². The molecule has 1 aromatic heterocycles. The summed E-state index contributed by atoms with van der Waals surface area (Å²) in [5.41, 5.74) is 5.60. The molecule has 1 aromatic rings. The minimum absolute atomic E-state index is 0. The number of anilines is 1. The molecule has 102 valence electrons. The molecule has 2 N–H and O–H groups in total. The lowest BCUT2D eigenvalue weighted by molar-refractivity contribution is -0.147. The van der Waals surface area contributed by atoms with Crippen molar-refractivity contribution in [2.75, 3.05) is 25.9 Å². The number of esters is 1. The van der Waals surface area contributed by atoms with Gasteiger partial charge in [0.1, 0.15) is 0 Å². The summed E-state index contributed by atoms with van der Waals surface area (Å²) in [5, 5.41) is 0.599. The number of piperidine rings is 1. The van der Waals surface area contributed by atoms with E-state index in [2.05, 4.69) is 9.88 Å². The Kier molecular flexibility index (Phi) is 5.84. The van der Waals surface area contributed by atoms with Crippen LogP contribution in [0, 0.1) is 5.92 Å². The summed E-state index contributed by atoms with van der Waals surface area (Å²) >= 11 is 1.51. The average Bonchev–Trinajstić information content (AvgIpc) is 2.74. The number of nitrogens with two attached hydrogens (primary N) is 1. The van der Waals surface area contributed by atoms with Crippen molar-refractivity contribution in [3.05, 3.63) is 11.1 Å². The second-order valence-electron chi connectivity index (χ2n) is 4.26. The fourth-order valence-corrected chi connectivity index (χ4v) is 2.90. The fraction of sp³-hybridized carbons (Fsp3) is 0.636. The summed E-state index contributed by atoms with van der Waals surface area (Å²) in [7, 11) is 1.45. The number of ether oxygens (including phenoxy) is 1. The number of likely N-dealkylation sites (tertiary alicyclic amines) is 1. The van der Waals surface area contributed by atoms with E-state index in [0.29, 0.717) is 5.13 Å². The second-order valence-corrected chi connectivity index (χ2v) is 5.41. The number of halogens is 1. The van der Waals surface area contributed by atoms with Crippen LogP contribution in [0.2, 0.25) is 0 Å². The van der Waals surface area contributed by atoms with E-state index in [1.807, 2.05) is 6.20 Å². The monoisotopic (exact) mass is 291 g/mol. The van der Waals surface area contributed by atoms with Crippen LogP contribution >= 0.6 is 23.7 Å². The minimum Gasteiger partial charge on any atom is -0.469 e. The van der Waals surface area contributed by atoms with Gasteiger partial charge in [0.25, 0.3) is 0 Å². The largest absolute Gasteiger partial charge is 0.469 e. The maximum atomic E-state index is 11.5. The Bertz CT molecular complexity index is 399. The number of rotatable bonds is 3. The molecular formula is C11H18ClN3O2S. The molecule has 1 saturated heterocycles. The Morgan fingerprint density at radius 2 is 2.50 bits per heavy atom. The third-order valence-corrected chi connectivity index (χ3v) is 3.80. The zero-order valence-corrected chi connectivity index (χ0v) is 11.9. The number of methoxy groups -OCH3 is 1. The van der Waals surface area contributed by atoms with Gasteiger partial charge in [-0.25, -0.2) is 4.98 Å². The Hall–Kier alpha value is -0.850. The van der Waals surface area contributed by atoms with E-state index in [9.17, 15) is 4.79 Å². The van der Waals surface area contributed by atoms with E-state index in [4.69, 9.17) is 10.5 Å². The number of carbonyl (C=O) groups excluding carboxylic acids is 1. The SMILES string of the molecule is COC(=O)C1CCCN(Cc2cnc(N)s2)C1.Cl. The lowest BCUT2D eigenvalue weighted by Crippen LogP contribution is -2.38. The number of hydrogen-bond donors (Lipinski definition) is 1. The third kappa shape index (κ3) is 3.83. The van der Waals surface area contributed by atoms with Crippen LogP contribution in [0.4, 0.5) is 5.13 Å². The van der Waals surface area contributed by atoms with Gasteiger partial charge in [0.15, 0.2) is 5.13 Å². The Labute approximate surface area is 117 Å². The molecule has 2 rings (SSSR count). The minimum atomic E-state index is -0.0986. The van der Waals surface area contributed by atoms with Crippen LogP contribution in [0.5, 0.6) is 0 Å². The molecule has 1 atom stereocenters. The number of hydrogen-bond acceptors (Lipinski definition) is 6. The quantitative estimate of drug-likeness (QED) is 0.856. The van der Waals surface area contributed by atoms with Crippen molar-refractivity contribution in [3.63, 3.8) is 0 Å². The molecule has 1 unspecified atom stereocenters. The number of carbonyl (C=O) groups is 1. The number of nitrogen functional groups attached to an aromatic ring is 1. The van der Waals surface area contributed by atoms with E-state index in [1.54, 1.807) is 0 Å². The van der Waals surface area contributed by atoms with Crippen LogP contribution in [0.15, 0.2) is 6.20 Å². The summed E-state index contributed by atoms with van der Waals surface area (Å²) < 4.78 is 4.80. The molecule has 0 spiro atoms. The van der Waals surface area contributed by atoms with Gasteiger partial charge in [-0.1, -0.05) is 0 Å². The van der Waals surface area contributed by atoms with Gasteiger partial charge < -0.3 is 10.5 Å². The second kappa shape index (κ2) is 6.92. The number of aromatic nitrogens is 1. The highest BCUT2D eigenvalue weighted by Crippen LogP contribution is 2.22. The number of thiazole rings is 1. The molecule has 0 bridgehead atoms. The molecule has 5 nitrogen and oxygen atoms in total. The van der Waals surface area contributed by atoms with E-state index < -0.39 is 0 Å². The van der Waals surface area contributed by atoms with Crippen molar-refractivity contribution in [2.24, 2.45) is 5.92 Å². The average molecular weight is 292 g/mol. The van der Waals surface area contributed by atoms with Crippen molar-refractivity contribution in [3.8, 4) is 0 Å². The smallest absolute Gasteiger partial charge is 0.309 e. The molecule has 2 heterocycles. The third-order valence-electron chi connectivity index (χ3n) is 2.99. The van der Waals surface area contributed by atoms with Gasteiger partial charge in [-0.3, -0.25) is 9.69 Å². The zero-order chi connectivity index (χ0) is 12.3. The molecule has 0 amide bonds. The van der Waals surface area contributed by atoms with Crippen LogP contribution in [-0.2, 0) is 16.1 Å². The van der Waals surface area contributed by atoms with E-state index in [-0.39, 0.29) is 24.3 Å². The molecule has 7 heteroatoms. The maximum absolute atomic E-state index is 11.5. The van der Waals surface area contributed by atoms with Crippen molar-refractivity contribution < 1.29 is 9.53 Å². The molecular weight excluding hydrogens is 274 g/mol. The molecule has 18 heavy (non-hydrogen) atoms. The van der Waals surface area contributed by atoms with Crippen molar-refractivity contribution in [2.45, 2.75) is 19.4 Å². The highest BCUT2D eigenvalue weighted by molar-refractivity contribution is 7.15. The lowest BCUT2D eigenvalue weighted by atomic mass is 9.98. The Morgan fingerprint density at radius 1 is 1.72 bits per heavy atom. The molecule has 1 aliphatic rings. The van der Waals surface area contributed by atoms with Crippen LogP contribution in [0.25, 0.3) is 0 Å². The van der Waals surface area contributed by atoms with Gasteiger partial charge in [0.05, 0.1) is 13.0 Å². The van der Waals surface area contributed by atoms with E-state index in [0.717, 1.165) is 37.4 Å². The van der Waals surface area contributed by atoms with Crippen molar-refractivity contribution in [1.82, 2.24) is 9.88 Å². The molecule has 0 saturated carbocycles. The van der Waals surface area contributed by atoms with E-state index >= 15 is 0 Å². The van der Waals surface area contributed by atoms with Gasteiger partial charge in [-0.2, -0.15) is 0 Å². The summed E-state index contributed by atoms with van der Waals surface area (Å²) in [6.07, 6.45) is 3.77. The predicted octanol–water partition coefficient (Wildman–Crippen LogP) is 1.53. The number of nitrogens with zero attached hydrogens (tertiary/aromatic N) is 2. The normalized spacial score (nSPS) is 20.2. The Balaban J connectivity index is 0.00000162. The van der Waals surface area contributed by atoms with Gasteiger partial charge in [-0.05, 0) is 19.4 Å². The van der Waals surface area contributed by atoms with Crippen LogP contribution < -0.4 is 5.73 Å². The summed E-state index contributed by atoms with van der Waals surface area (Å²) in [6.45, 7) is 2.61. The first-order chi connectivity index (χ1) is 8.19. The molecule has 0 aliphatic carbocycles.